The molecule has 3 aromatic rings. The fraction of sp³-hybridized carbons (Fsp3) is 0.150. The summed E-state index contributed by atoms with van der Waals surface area (Å²) in [6.07, 6.45) is 2.11. The molecule has 2 aromatic carbocycles. The maximum atomic E-state index is 12.9. The van der Waals surface area contributed by atoms with E-state index in [1.54, 1.807) is 24.3 Å². The zero-order valence-corrected chi connectivity index (χ0v) is 14.8. The number of carbonyl (C=O) groups excluding carboxylic acids is 1. The Morgan fingerprint density at radius 1 is 1.07 bits per heavy atom. The summed E-state index contributed by atoms with van der Waals surface area (Å²) in [7, 11) is 0. The molecule has 0 aliphatic carbocycles. The smallest absolute Gasteiger partial charge is 0.270 e. The highest BCUT2D eigenvalue weighted by molar-refractivity contribution is 5.92. The first kappa shape index (κ1) is 17.7. The van der Waals surface area contributed by atoms with E-state index < -0.39 is 0 Å². The van der Waals surface area contributed by atoms with Crippen molar-refractivity contribution in [3.8, 4) is 11.5 Å². The molecule has 0 radical (unpaired) electrons. The van der Waals surface area contributed by atoms with Gasteiger partial charge in [0.1, 0.15) is 11.5 Å². The highest BCUT2D eigenvalue weighted by atomic mass is 19.1. The molecule has 4 rings (SSSR count). The van der Waals surface area contributed by atoms with Gasteiger partial charge in [0.15, 0.2) is 11.5 Å². The second-order valence-electron chi connectivity index (χ2n) is 6.09. The fourth-order valence-electron chi connectivity index (χ4n) is 2.71. The Morgan fingerprint density at radius 3 is 2.75 bits per heavy atom. The van der Waals surface area contributed by atoms with Crippen LogP contribution in [0.4, 0.5) is 16.0 Å². The SMILES string of the molecule is O=C(NCCc1ccc(F)cc1)c1ccnc(Nc2ccc3c(c2)OCO3)n1. The number of hydrogen-bond acceptors (Lipinski definition) is 6. The lowest BCUT2D eigenvalue weighted by Crippen LogP contribution is -2.26. The van der Waals surface area contributed by atoms with Gasteiger partial charge in [-0.25, -0.2) is 14.4 Å². The Balaban J connectivity index is 1.36. The molecular weight excluding hydrogens is 363 g/mol. The van der Waals surface area contributed by atoms with Crippen molar-refractivity contribution in [3.05, 3.63) is 71.8 Å². The largest absolute Gasteiger partial charge is 0.454 e. The van der Waals surface area contributed by atoms with Crippen molar-refractivity contribution in [2.24, 2.45) is 0 Å². The molecule has 1 aromatic heterocycles. The molecule has 0 saturated heterocycles. The van der Waals surface area contributed by atoms with Gasteiger partial charge in [-0.3, -0.25) is 4.79 Å². The third kappa shape index (κ3) is 4.17. The number of anilines is 2. The van der Waals surface area contributed by atoms with Gasteiger partial charge in [0.2, 0.25) is 12.7 Å². The third-order valence-electron chi connectivity index (χ3n) is 4.13. The van der Waals surface area contributed by atoms with Crippen molar-refractivity contribution < 1.29 is 18.7 Å². The summed E-state index contributed by atoms with van der Waals surface area (Å²) < 4.78 is 23.5. The van der Waals surface area contributed by atoms with E-state index in [9.17, 15) is 9.18 Å². The van der Waals surface area contributed by atoms with E-state index in [0.717, 1.165) is 11.3 Å². The van der Waals surface area contributed by atoms with Gasteiger partial charge in [-0.2, -0.15) is 0 Å². The van der Waals surface area contributed by atoms with Crippen molar-refractivity contribution >= 4 is 17.5 Å². The van der Waals surface area contributed by atoms with E-state index in [1.807, 2.05) is 6.07 Å². The minimum Gasteiger partial charge on any atom is -0.454 e. The number of rotatable bonds is 6. The number of carbonyl (C=O) groups is 1. The first-order chi connectivity index (χ1) is 13.7. The number of fused-ring (bicyclic) bond motifs is 1. The summed E-state index contributed by atoms with van der Waals surface area (Å²) in [6, 6.07) is 13.1. The van der Waals surface area contributed by atoms with E-state index in [4.69, 9.17) is 9.47 Å². The molecule has 0 unspecified atom stereocenters. The molecule has 7 nitrogen and oxygen atoms in total. The van der Waals surface area contributed by atoms with Crippen LogP contribution in [0.3, 0.4) is 0 Å². The topological polar surface area (TPSA) is 85.4 Å². The Bertz CT molecular complexity index is 995. The second-order valence-corrected chi connectivity index (χ2v) is 6.09. The molecule has 0 atom stereocenters. The average Bonchev–Trinajstić information content (AvgIpc) is 3.17. The molecule has 28 heavy (non-hydrogen) atoms. The predicted molar refractivity (Wildman–Crippen MR) is 100 cm³/mol. The van der Waals surface area contributed by atoms with Crippen molar-refractivity contribution in [2.75, 3.05) is 18.7 Å². The maximum absolute atomic E-state index is 12.9. The van der Waals surface area contributed by atoms with Crippen LogP contribution < -0.4 is 20.1 Å². The summed E-state index contributed by atoms with van der Waals surface area (Å²) in [4.78, 5) is 20.7. The van der Waals surface area contributed by atoms with E-state index in [-0.39, 0.29) is 24.2 Å². The molecular formula is C20H17FN4O3. The van der Waals surface area contributed by atoms with E-state index >= 15 is 0 Å². The van der Waals surface area contributed by atoms with Crippen LogP contribution in [0.2, 0.25) is 0 Å². The van der Waals surface area contributed by atoms with Crippen LogP contribution in [0.1, 0.15) is 16.1 Å². The fourth-order valence-corrected chi connectivity index (χ4v) is 2.71. The summed E-state index contributed by atoms with van der Waals surface area (Å²) in [5.41, 5.74) is 1.91. The number of nitrogens with one attached hydrogen (secondary N) is 2. The first-order valence-corrected chi connectivity index (χ1v) is 8.70. The highest BCUT2D eigenvalue weighted by Crippen LogP contribution is 2.34. The minimum atomic E-state index is -0.307. The zero-order valence-electron chi connectivity index (χ0n) is 14.8. The molecule has 0 saturated carbocycles. The Hall–Kier alpha value is -3.68. The lowest BCUT2D eigenvalue weighted by atomic mass is 10.1. The number of amides is 1. The summed E-state index contributed by atoms with van der Waals surface area (Å²) in [5.74, 6) is 1.03. The van der Waals surface area contributed by atoms with Crippen LogP contribution in [0.15, 0.2) is 54.7 Å². The Kier molecular flexibility index (Phi) is 5.01. The number of ether oxygens (including phenoxy) is 2. The molecule has 142 valence electrons. The number of aromatic nitrogens is 2. The van der Waals surface area contributed by atoms with E-state index in [0.29, 0.717) is 30.4 Å². The van der Waals surface area contributed by atoms with Gasteiger partial charge in [-0.1, -0.05) is 12.1 Å². The highest BCUT2D eigenvalue weighted by Gasteiger charge is 2.14. The molecule has 2 heterocycles. The first-order valence-electron chi connectivity index (χ1n) is 8.70. The van der Waals surface area contributed by atoms with Crippen LogP contribution in [-0.4, -0.2) is 29.2 Å². The standard InChI is InChI=1S/C20H17FN4O3/c21-14-3-1-13(2-4-14)7-9-22-19(26)16-8-10-23-20(25-16)24-15-5-6-17-18(11-15)28-12-27-17/h1-6,8,10-11H,7,9,12H2,(H,22,26)(H,23,24,25). The number of nitrogens with zero attached hydrogens (tertiary/aromatic N) is 2. The maximum Gasteiger partial charge on any atom is 0.270 e. The number of benzene rings is 2. The van der Waals surface area contributed by atoms with Crippen molar-refractivity contribution in [1.29, 1.82) is 0 Å². The molecule has 2 N–H and O–H groups in total. The van der Waals surface area contributed by atoms with Crippen molar-refractivity contribution in [1.82, 2.24) is 15.3 Å². The van der Waals surface area contributed by atoms with Crippen LogP contribution >= 0.6 is 0 Å². The van der Waals surface area contributed by atoms with Crippen molar-refractivity contribution in [3.63, 3.8) is 0 Å². The molecule has 1 aliphatic heterocycles. The van der Waals surface area contributed by atoms with Gasteiger partial charge in [-0.05, 0) is 42.3 Å². The van der Waals surface area contributed by atoms with Crippen LogP contribution in [0, 0.1) is 5.82 Å². The zero-order chi connectivity index (χ0) is 19.3. The van der Waals surface area contributed by atoms with Gasteiger partial charge in [-0.15, -0.1) is 0 Å². The summed E-state index contributed by atoms with van der Waals surface area (Å²) >= 11 is 0. The average molecular weight is 380 g/mol. The number of hydrogen-bond donors (Lipinski definition) is 2. The third-order valence-corrected chi connectivity index (χ3v) is 4.13. The Labute approximate surface area is 160 Å². The monoisotopic (exact) mass is 380 g/mol. The second kappa shape index (κ2) is 7.91. The van der Waals surface area contributed by atoms with Gasteiger partial charge < -0.3 is 20.1 Å². The van der Waals surface area contributed by atoms with Gasteiger partial charge in [0.25, 0.3) is 5.91 Å². The molecule has 1 amide bonds. The van der Waals surface area contributed by atoms with Gasteiger partial charge in [0.05, 0.1) is 0 Å². The minimum absolute atomic E-state index is 0.197. The quantitative estimate of drug-likeness (QED) is 0.684. The van der Waals surface area contributed by atoms with Crippen LogP contribution in [-0.2, 0) is 6.42 Å². The van der Waals surface area contributed by atoms with Gasteiger partial charge in [0, 0.05) is 24.5 Å². The van der Waals surface area contributed by atoms with Crippen molar-refractivity contribution in [2.45, 2.75) is 6.42 Å². The normalized spacial score (nSPS) is 11.9. The lowest BCUT2D eigenvalue weighted by Gasteiger charge is -2.08. The van der Waals surface area contributed by atoms with Crippen LogP contribution in [0.25, 0.3) is 0 Å². The summed E-state index contributed by atoms with van der Waals surface area (Å²) in [6.45, 7) is 0.613. The molecule has 1 aliphatic rings. The Morgan fingerprint density at radius 2 is 1.89 bits per heavy atom. The van der Waals surface area contributed by atoms with Crippen LogP contribution in [0.5, 0.6) is 11.5 Å². The van der Waals surface area contributed by atoms with E-state index in [2.05, 4.69) is 20.6 Å². The van der Waals surface area contributed by atoms with Gasteiger partial charge >= 0.3 is 0 Å². The predicted octanol–water partition coefficient (Wildman–Crippen LogP) is 3.06. The number of halogens is 1. The molecule has 8 heteroatoms. The molecule has 0 spiro atoms. The lowest BCUT2D eigenvalue weighted by molar-refractivity contribution is 0.0949. The van der Waals surface area contributed by atoms with E-state index in [1.165, 1.54) is 24.4 Å². The summed E-state index contributed by atoms with van der Waals surface area (Å²) in [5, 5.41) is 5.84. The molecule has 0 bridgehead atoms. The molecule has 0 fully saturated rings.